The molecule has 0 aromatic carbocycles. The topological polar surface area (TPSA) is 23.5 Å². The van der Waals surface area contributed by atoms with Crippen molar-refractivity contribution in [3.05, 3.63) is 0 Å². The molecule has 2 atom stereocenters. The average molecular weight is 185 g/mol. The molecule has 0 radical (unpaired) electrons. The summed E-state index contributed by atoms with van der Waals surface area (Å²) in [4.78, 5) is 2.55. The first kappa shape index (κ1) is 11.0. The Morgan fingerprint density at radius 1 is 1.38 bits per heavy atom. The standard InChI is InChI=1S/C11H23NO/c1-4-11-6-5-10(8-13)7-12(11)9(2)3/h9-11,13H,4-8H2,1-3H3. The maximum atomic E-state index is 9.12. The zero-order chi connectivity index (χ0) is 9.84. The predicted octanol–water partition coefficient (Wildman–Crippen LogP) is 1.88. The summed E-state index contributed by atoms with van der Waals surface area (Å²) in [5, 5.41) is 9.12. The van der Waals surface area contributed by atoms with E-state index in [1.165, 1.54) is 19.3 Å². The third-order valence-corrected chi connectivity index (χ3v) is 3.24. The monoisotopic (exact) mass is 185 g/mol. The van der Waals surface area contributed by atoms with Crippen molar-refractivity contribution < 1.29 is 5.11 Å². The Labute approximate surface area is 81.9 Å². The van der Waals surface area contributed by atoms with Crippen molar-refractivity contribution in [1.82, 2.24) is 4.90 Å². The lowest BCUT2D eigenvalue weighted by Crippen LogP contribution is -2.47. The molecule has 0 amide bonds. The molecule has 1 N–H and O–H groups in total. The van der Waals surface area contributed by atoms with E-state index < -0.39 is 0 Å². The van der Waals surface area contributed by atoms with Crippen LogP contribution in [0.5, 0.6) is 0 Å². The second kappa shape index (κ2) is 4.97. The maximum Gasteiger partial charge on any atom is 0.0471 e. The molecule has 1 aliphatic heterocycles. The van der Waals surface area contributed by atoms with Crippen LogP contribution in [-0.2, 0) is 0 Å². The van der Waals surface area contributed by atoms with Gasteiger partial charge in [-0.15, -0.1) is 0 Å². The first-order valence-corrected chi connectivity index (χ1v) is 5.55. The van der Waals surface area contributed by atoms with Crippen LogP contribution in [0.2, 0.25) is 0 Å². The number of aliphatic hydroxyl groups excluding tert-OH is 1. The van der Waals surface area contributed by atoms with Crippen molar-refractivity contribution in [2.24, 2.45) is 5.92 Å². The summed E-state index contributed by atoms with van der Waals surface area (Å²) < 4.78 is 0. The van der Waals surface area contributed by atoms with Crippen molar-refractivity contribution in [1.29, 1.82) is 0 Å². The van der Waals surface area contributed by atoms with Crippen molar-refractivity contribution in [2.45, 2.75) is 52.1 Å². The Morgan fingerprint density at radius 2 is 2.08 bits per heavy atom. The zero-order valence-corrected chi connectivity index (χ0v) is 9.16. The number of aliphatic hydroxyl groups is 1. The normalized spacial score (nSPS) is 31.2. The first-order chi connectivity index (χ1) is 6.19. The fourth-order valence-electron chi connectivity index (χ4n) is 2.35. The van der Waals surface area contributed by atoms with E-state index in [4.69, 9.17) is 5.11 Å². The van der Waals surface area contributed by atoms with Crippen molar-refractivity contribution in [3.63, 3.8) is 0 Å². The molecule has 78 valence electrons. The van der Waals surface area contributed by atoms with Gasteiger partial charge >= 0.3 is 0 Å². The summed E-state index contributed by atoms with van der Waals surface area (Å²) in [7, 11) is 0. The van der Waals surface area contributed by atoms with Gasteiger partial charge in [0.1, 0.15) is 0 Å². The molecule has 1 saturated heterocycles. The van der Waals surface area contributed by atoms with E-state index >= 15 is 0 Å². The second-order valence-corrected chi connectivity index (χ2v) is 4.48. The average Bonchev–Trinajstić information content (AvgIpc) is 2.16. The van der Waals surface area contributed by atoms with E-state index in [2.05, 4.69) is 25.7 Å². The van der Waals surface area contributed by atoms with E-state index in [0.717, 1.165) is 12.6 Å². The third kappa shape index (κ3) is 2.68. The highest BCUT2D eigenvalue weighted by Gasteiger charge is 2.27. The van der Waals surface area contributed by atoms with E-state index in [-0.39, 0.29) is 0 Å². The molecule has 2 unspecified atom stereocenters. The number of hydrogen-bond donors (Lipinski definition) is 1. The molecule has 1 heterocycles. The highest BCUT2D eigenvalue weighted by Crippen LogP contribution is 2.25. The molecule has 0 saturated carbocycles. The SMILES string of the molecule is CCC1CCC(CO)CN1C(C)C. The molecule has 0 aromatic heterocycles. The lowest BCUT2D eigenvalue weighted by molar-refractivity contribution is 0.0503. The summed E-state index contributed by atoms with van der Waals surface area (Å²) >= 11 is 0. The van der Waals surface area contributed by atoms with E-state index in [0.29, 0.717) is 18.6 Å². The zero-order valence-electron chi connectivity index (χ0n) is 9.16. The number of hydrogen-bond acceptors (Lipinski definition) is 2. The van der Waals surface area contributed by atoms with Crippen LogP contribution in [0, 0.1) is 5.92 Å². The number of piperidine rings is 1. The summed E-state index contributed by atoms with van der Waals surface area (Å²) in [5.74, 6) is 0.519. The van der Waals surface area contributed by atoms with Crippen LogP contribution in [0.3, 0.4) is 0 Å². The predicted molar refractivity (Wildman–Crippen MR) is 55.7 cm³/mol. The quantitative estimate of drug-likeness (QED) is 0.725. The minimum atomic E-state index is 0.361. The molecule has 1 aliphatic rings. The molecule has 2 nitrogen and oxygen atoms in total. The molecule has 1 fully saturated rings. The fourth-order valence-corrected chi connectivity index (χ4v) is 2.35. The Bertz CT molecular complexity index is 147. The Kier molecular flexibility index (Phi) is 4.20. The van der Waals surface area contributed by atoms with Gasteiger partial charge in [-0.05, 0) is 39.0 Å². The van der Waals surface area contributed by atoms with Crippen LogP contribution in [0.25, 0.3) is 0 Å². The van der Waals surface area contributed by atoms with Crippen molar-refractivity contribution in [2.75, 3.05) is 13.2 Å². The molecule has 0 bridgehead atoms. The third-order valence-electron chi connectivity index (χ3n) is 3.24. The number of nitrogens with zero attached hydrogens (tertiary/aromatic N) is 1. The summed E-state index contributed by atoms with van der Waals surface area (Å²) in [6, 6.07) is 1.38. The van der Waals surface area contributed by atoms with Gasteiger partial charge < -0.3 is 5.11 Å². The van der Waals surface area contributed by atoms with Crippen LogP contribution < -0.4 is 0 Å². The highest BCUT2D eigenvalue weighted by molar-refractivity contribution is 4.82. The molecule has 0 aliphatic carbocycles. The van der Waals surface area contributed by atoms with E-state index in [1.807, 2.05) is 0 Å². The molecule has 13 heavy (non-hydrogen) atoms. The second-order valence-electron chi connectivity index (χ2n) is 4.48. The van der Waals surface area contributed by atoms with Crippen LogP contribution in [0.1, 0.15) is 40.0 Å². The van der Waals surface area contributed by atoms with Gasteiger partial charge in [0, 0.05) is 25.2 Å². The molecular weight excluding hydrogens is 162 g/mol. The van der Waals surface area contributed by atoms with Gasteiger partial charge in [0.15, 0.2) is 0 Å². The lowest BCUT2D eigenvalue weighted by atomic mass is 9.91. The Balaban J connectivity index is 2.52. The van der Waals surface area contributed by atoms with Gasteiger partial charge in [0.2, 0.25) is 0 Å². The summed E-state index contributed by atoms with van der Waals surface area (Å²) in [5.41, 5.74) is 0. The summed E-state index contributed by atoms with van der Waals surface area (Å²) in [6.07, 6.45) is 3.72. The van der Waals surface area contributed by atoms with Gasteiger partial charge in [-0.2, -0.15) is 0 Å². The fraction of sp³-hybridized carbons (Fsp3) is 1.00. The number of rotatable bonds is 3. The highest BCUT2D eigenvalue weighted by atomic mass is 16.3. The summed E-state index contributed by atoms with van der Waals surface area (Å²) in [6.45, 7) is 8.22. The van der Waals surface area contributed by atoms with Crippen LogP contribution in [-0.4, -0.2) is 35.2 Å². The minimum Gasteiger partial charge on any atom is -0.396 e. The van der Waals surface area contributed by atoms with Gasteiger partial charge in [-0.25, -0.2) is 0 Å². The van der Waals surface area contributed by atoms with E-state index in [1.54, 1.807) is 0 Å². The smallest absolute Gasteiger partial charge is 0.0471 e. The molecular formula is C11H23NO. The minimum absolute atomic E-state index is 0.361. The first-order valence-electron chi connectivity index (χ1n) is 5.55. The Hall–Kier alpha value is -0.0800. The van der Waals surface area contributed by atoms with Gasteiger partial charge in [-0.3, -0.25) is 4.90 Å². The molecule has 0 spiro atoms. The van der Waals surface area contributed by atoms with E-state index in [9.17, 15) is 0 Å². The van der Waals surface area contributed by atoms with Crippen LogP contribution >= 0.6 is 0 Å². The molecule has 1 rings (SSSR count). The lowest BCUT2D eigenvalue weighted by Gasteiger charge is -2.41. The maximum absolute atomic E-state index is 9.12. The van der Waals surface area contributed by atoms with Gasteiger partial charge in [-0.1, -0.05) is 6.92 Å². The molecule has 0 aromatic rings. The molecule has 2 heteroatoms. The van der Waals surface area contributed by atoms with Crippen LogP contribution in [0.4, 0.5) is 0 Å². The largest absolute Gasteiger partial charge is 0.396 e. The van der Waals surface area contributed by atoms with Gasteiger partial charge in [0.05, 0.1) is 0 Å². The van der Waals surface area contributed by atoms with Crippen molar-refractivity contribution in [3.8, 4) is 0 Å². The Morgan fingerprint density at radius 3 is 2.54 bits per heavy atom. The van der Waals surface area contributed by atoms with Crippen molar-refractivity contribution >= 4 is 0 Å². The van der Waals surface area contributed by atoms with Crippen LogP contribution in [0.15, 0.2) is 0 Å². The number of likely N-dealkylation sites (tertiary alicyclic amines) is 1. The van der Waals surface area contributed by atoms with Gasteiger partial charge in [0.25, 0.3) is 0 Å².